The molecule has 2 amide bonds. The van der Waals surface area contributed by atoms with Crippen molar-refractivity contribution in [3.8, 4) is 0 Å². The number of carbonyl (C=O) groups excluding carboxylic acids is 2. The third-order valence-corrected chi connectivity index (χ3v) is 5.13. The minimum atomic E-state index is -0.499. The Kier molecular flexibility index (Phi) is 6.00. The number of piperidine rings is 1. The highest BCUT2D eigenvalue weighted by Crippen LogP contribution is 2.26. The number of hydrogen-bond acceptors (Lipinski definition) is 5. The van der Waals surface area contributed by atoms with E-state index in [0.29, 0.717) is 31.1 Å². The standard InChI is InChI=1S/C21H30N4O4/c1-14-17(15(2)29-23-14)13-22-19(26)18-7-6-10-25(18)16-8-11-24(12-9-16)20(27)28-21(3,4)5/h6-7,10,16H,8-9,11-13H2,1-5H3,(H,22,26). The Bertz CT molecular complexity index is 850. The number of nitrogens with zero attached hydrogens (tertiary/aromatic N) is 3. The molecule has 1 N–H and O–H groups in total. The molecule has 0 spiro atoms. The molecule has 0 aromatic carbocycles. The summed E-state index contributed by atoms with van der Waals surface area (Å²) in [6.07, 6.45) is 3.20. The molecular weight excluding hydrogens is 372 g/mol. The summed E-state index contributed by atoms with van der Waals surface area (Å²) < 4.78 is 12.6. The molecule has 8 nitrogen and oxygen atoms in total. The molecule has 1 aliphatic heterocycles. The molecule has 29 heavy (non-hydrogen) atoms. The number of hydrogen-bond donors (Lipinski definition) is 1. The van der Waals surface area contributed by atoms with Crippen molar-refractivity contribution in [1.29, 1.82) is 0 Å². The molecule has 0 atom stereocenters. The number of ether oxygens (including phenoxy) is 1. The molecule has 0 saturated carbocycles. The molecule has 0 unspecified atom stereocenters. The number of aryl methyl sites for hydroxylation is 2. The molecule has 0 aliphatic carbocycles. The monoisotopic (exact) mass is 402 g/mol. The van der Waals surface area contributed by atoms with Gasteiger partial charge in [0.25, 0.3) is 5.91 Å². The fourth-order valence-corrected chi connectivity index (χ4v) is 3.57. The maximum Gasteiger partial charge on any atom is 0.410 e. The van der Waals surface area contributed by atoms with Crippen LogP contribution in [0.15, 0.2) is 22.9 Å². The van der Waals surface area contributed by atoms with Crippen LogP contribution < -0.4 is 5.32 Å². The van der Waals surface area contributed by atoms with Gasteiger partial charge in [0.1, 0.15) is 17.1 Å². The fourth-order valence-electron chi connectivity index (χ4n) is 3.57. The van der Waals surface area contributed by atoms with Crippen molar-refractivity contribution in [1.82, 2.24) is 19.9 Å². The van der Waals surface area contributed by atoms with Crippen LogP contribution in [0.2, 0.25) is 0 Å². The SMILES string of the molecule is Cc1noc(C)c1CNC(=O)c1cccn1C1CCN(C(=O)OC(C)(C)C)CC1. The number of carbonyl (C=O) groups is 2. The first kappa shape index (κ1) is 21.0. The average Bonchev–Trinajstić information content (AvgIpc) is 3.26. The summed E-state index contributed by atoms with van der Waals surface area (Å²) >= 11 is 0. The number of rotatable bonds is 4. The molecule has 0 radical (unpaired) electrons. The molecule has 2 aromatic heterocycles. The Morgan fingerprint density at radius 1 is 1.28 bits per heavy atom. The van der Waals surface area contributed by atoms with Crippen LogP contribution in [0.3, 0.4) is 0 Å². The lowest BCUT2D eigenvalue weighted by molar-refractivity contribution is 0.0187. The number of aromatic nitrogens is 2. The summed E-state index contributed by atoms with van der Waals surface area (Å²) in [5.41, 5.74) is 1.81. The van der Waals surface area contributed by atoms with Crippen molar-refractivity contribution in [3.05, 3.63) is 41.0 Å². The van der Waals surface area contributed by atoms with E-state index in [1.165, 1.54) is 0 Å². The van der Waals surface area contributed by atoms with E-state index in [2.05, 4.69) is 10.5 Å². The molecule has 1 saturated heterocycles. The van der Waals surface area contributed by atoms with E-state index in [4.69, 9.17) is 9.26 Å². The second-order valence-electron chi connectivity index (χ2n) is 8.48. The third-order valence-electron chi connectivity index (χ3n) is 5.13. The van der Waals surface area contributed by atoms with Crippen molar-refractivity contribution in [2.75, 3.05) is 13.1 Å². The van der Waals surface area contributed by atoms with Crippen LogP contribution in [0.1, 0.15) is 67.2 Å². The van der Waals surface area contributed by atoms with E-state index in [9.17, 15) is 9.59 Å². The van der Waals surface area contributed by atoms with Gasteiger partial charge in [-0.15, -0.1) is 0 Å². The van der Waals surface area contributed by atoms with Crippen LogP contribution in [-0.4, -0.2) is 45.3 Å². The van der Waals surface area contributed by atoms with Gasteiger partial charge in [0, 0.05) is 37.4 Å². The smallest absolute Gasteiger partial charge is 0.410 e. The Labute approximate surface area is 171 Å². The summed E-state index contributed by atoms with van der Waals surface area (Å²) in [7, 11) is 0. The van der Waals surface area contributed by atoms with E-state index < -0.39 is 5.60 Å². The summed E-state index contributed by atoms with van der Waals surface area (Å²) in [6.45, 7) is 10.9. The van der Waals surface area contributed by atoms with Gasteiger partial charge in [0.15, 0.2) is 0 Å². The molecule has 3 rings (SSSR count). The van der Waals surface area contributed by atoms with Gasteiger partial charge in [-0.3, -0.25) is 4.79 Å². The van der Waals surface area contributed by atoms with E-state index in [0.717, 1.165) is 24.1 Å². The molecular formula is C21H30N4O4. The predicted octanol–water partition coefficient (Wildman–Crippen LogP) is 3.59. The topological polar surface area (TPSA) is 89.6 Å². The molecule has 1 aliphatic rings. The number of likely N-dealkylation sites (tertiary alicyclic amines) is 1. The Hall–Kier alpha value is -2.77. The van der Waals surface area contributed by atoms with Gasteiger partial charge in [0.2, 0.25) is 0 Å². The highest BCUT2D eigenvalue weighted by atomic mass is 16.6. The molecule has 0 bridgehead atoms. The van der Waals surface area contributed by atoms with Gasteiger partial charge in [0.05, 0.1) is 5.69 Å². The van der Waals surface area contributed by atoms with Crippen molar-refractivity contribution < 1.29 is 18.8 Å². The Balaban J connectivity index is 1.59. The highest BCUT2D eigenvalue weighted by Gasteiger charge is 2.28. The van der Waals surface area contributed by atoms with E-state index in [-0.39, 0.29) is 18.0 Å². The number of nitrogens with one attached hydrogen (secondary N) is 1. The summed E-state index contributed by atoms with van der Waals surface area (Å²) in [4.78, 5) is 26.7. The van der Waals surface area contributed by atoms with Crippen molar-refractivity contribution in [2.45, 2.75) is 65.6 Å². The van der Waals surface area contributed by atoms with Gasteiger partial charge < -0.3 is 24.0 Å². The lowest BCUT2D eigenvalue weighted by Crippen LogP contribution is -2.42. The van der Waals surface area contributed by atoms with Crippen LogP contribution in [0.4, 0.5) is 4.79 Å². The van der Waals surface area contributed by atoms with Gasteiger partial charge in [-0.25, -0.2) is 4.79 Å². The van der Waals surface area contributed by atoms with E-state index in [1.807, 2.05) is 57.5 Å². The molecule has 158 valence electrons. The third kappa shape index (κ3) is 4.99. The lowest BCUT2D eigenvalue weighted by Gasteiger charge is -2.34. The lowest BCUT2D eigenvalue weighted by atomic mass is 10.0. The van der Waals surface area contributed by atoms with Crippen molar-refractivity contribution >= 4 is 12.0 Å². The minimum Gasteiger partial charge on any atom is -0.444 e. The second-order valence-corrected chi connectivity index (χ2v) is 8.48. The maximum absolute atomic E-state index is 12.7. The van der Waals surface area contributed by atoms with Gasteiger partial charge in [-0.2, -0.15) is 0 Å². The van der Waals surface area contributed by atoms with Crippen LogP contribution >= 0.6 is 0 Å². The first-order valence-corrected chi connectivity index (χ1v) is 10.0. The zero-order valence-corrected chi connectivity index (χ0v) is 17.8. The van der Waals surface area contributed by atoms with Gasteiger partial charge in [-0.05, 0) is 59.6 Å². The molecule has 2 aromatic rings. The fraction of sp³-hybridized carbons (Fsp3) is 0.571. The normalized spacial score (nSPS) is 15.4. The first-order valence-electron chi connectivity index (χ1n) is 10.0. The average molecular weight is 402 g/mol. The first-order chi connectivity index (χ1) is 13.7. The summed E-state index contributed by atoms with van der Waals surface area (Å²) in [6, 6.07) is 3.87. The minimum absolute atomic E-state index is 0.135. The predicted molar refractivity (Wildman–Crippen MR) is 108 cm³/mol. The summed E-state index contributed by atoms with van der Waals surface area (Å²) in [5.74, 6) is 0.581. The zero-order chi connectivity index (χ0) is 21.2. The largest absolute Gasteiger partial charge is 0.444 e. The van der Waals surface area contributed by atoms with Crippen LogP contribution in [0, 0.1) is 13.8 Å². The second kappa shape index (κ2) is 8.31. The van der Waals surface area contributed by atoms with Gasteiger partial charge >= 0.3 is 6.09 Å². The van der Waals surface area contributed by atoms with Crippen molar-refractivity contribution in [2.24, 2.45) is 0 Å². The van der Waals surface area contributed by atoms with Crippen molar-refractivity contribution in [3.63, 3.8) is 0 Å². The highest BCUT2D eigenvalue weighted by molar-refractivity contribution is 5.92. The van der Waals surface area contributed by atoms with Crippen LogP contribution in [-0.2, 0) is 11.3 Å². The van der Waals surface area contributed by atoms with Gasteiger partial charge in [-0.1, -0.05) is 5.16 Å². The summed E-state index contributed by atoms with van der Waals surface area (Å²) in [5, 5.41) is 6.87. The van der Waals surface area contributed by atoms with E-state index >= 15 is 0 Å². The zero-order valence-electron chi connectivity index (χ0n) is 17.8. The van der Waals surface area contributed by atoms with Crippen LogP contribution in [0.5, 0.6) is 0 Å². The Morgan fingerprint density at radius 2 is 1.97 bits per heavy atom. The molecule has 1 fully saturated rings. The molecule has 3 heterocycles. The van der Waals surface area contributed by atoms with Crippen LogP contribution in [0.25, 0.3) is 0 Å². The number of amides is 2. The maximum atomic E-state index is 12.7. The quantitative estimate of drug-likeness (QED) is 0.844. The molecule has 8 heteroatoms. The van der Waals surface area contributed by atoms with E-state index in [1.54, 1.807) is 4.90 Å². The Morgan fingerprint density at radius 3 is 2.55 bits per heavy atom.